The van der Waals surface area contributed by atoms with E-state index in [0.29, 0.717) is 0 Å². The van der Waals surface area contributed by atoms with Gasteiger partial charge < -0.3 is 9.47 Å². The van der Waals surface area contributed by atoms with Gasteiger partial charge in [0.15, 0.2) is 0 Å². The van der Waals surface area contributed by atoms with Crippen molar-refractivity contribution in [3.8, 4) is 0 Å². The Morgan fingerprint density at radius 1 is 1.04 bits per heavy atom. The fraction of sp³-hybridized carbons (Fsp3) is 0.333. The molecule has 0 radical (unpaired) electrons. The number of aryl methyl sites for hydroxylation is 1. The van der Waals surface area contributed by atoms with Crippen LogP contribution in [0.4, 0.5) is 0 Å². The Kier molecular flexibility index (Phi) is 4.71. The summed E-state index contributed by atoms with van der Waals surface area (Å²) in [6, 6.07) is 14.1. The van der Waals surface area contributed by atoms with Crippen molar-refractivity contribution < 1.29 is 4.79 Å². The maximum atomic E-state index is 13.1. The van der Waals surface area contributed by atoms with Crippen LogP contribution >= 0.6 is 0 Å². The van der Waals surface area contributed by atoms with E-state index < -0.39 is 0 Å². The largest absolute Gasteiger partial charge is 0.337 e. The molecule has 0 atom stereocenters. The molecule has 1 amide bonds. The van der Waals surface area contributed by atoms with Crippen LogP contribution in [0.15, 0.2) is 54.9 Å². The molecule has 0 bridgehead atoms. The van der Waals surface area contributed by atoms with Crippen LogP contribution in [-0.2, 0) is 13.6 Å². The molecule has 26 heavy (non-hydrogen) atoms. The first-order chi connectivity index (χ1) is 12.7. The molecule has 1 aromatic heterocycles. The molecule has 134 valence electrons. The summed E-state index contributed by atoms with van der Waals surface area (Å²) in [6.45, 7) is 4.26. The number of imidazole rings is 1. The van der Waals surface area contributed by atoms with Gasteiger partial charge in [0.25, 0.3) is 5.91 Å². The number of carbonyl (C=O) groups is 1. The molecule has 0 N–H and O–H groups in total. The first kappa shape index (κ1) is 16.8. The van der Waals surface area contributed by atoms with Crippen molar-refractivity contribution in [3.05, 3.63) is 66.2 Å². The number of hydrogen-bond acceptors (Lipinski definition) is 3. The molecule has 3 aromatic rings. The Hall–Kier alpha value is -2.66. The van der Waals surface area contributed by atoms with Crippen molar-refractivity contribution in [2.24, 2.45) is 7.05 Å². The van der Waals surface area contributed by atoms with Crippen LogP contribution < -0.4 is 0 Å². The van der Waals surface area contributed by atoms with E-state index in [1.54, 1.807) is 0 Å². The lowest BCUT2D eigenvalue weighted by molar-refractivity contribution is 0.0763. The summed E-state index contributed by atoms with van der Waals surface area (Å²) in [7, 11) is 2.02. The Labute approximate surface area is 153 Å². The van der Waals surface area contributed by atoms with Gasteiger partial charge in [-0.3, -0.25) is 9.69 Å². The summed E-state index contributed by atoms with van der Waals surface area (Å²) in [5.74, 6) is 1.21. The molecule has 2 heterocycles. The number of carbonyl (C=O) groups excluding carboxylic acids is 1. The van der Waals surface area contributed by atoms with Crippen LogP contribution in [0.25, 0.3) is 10.8 Å². The number of benzene rings is 2. The van der Waals surface area contributed by atoms with Gasteiger partial charge in [-0.2, -0.15) is 0 Å². The minimum absolute atomic E-state index is 0.139. The molecular weight excluding hydrogens is 324 g/mol. The Morgan fingerprint density at radius 3 is 2.73 bits per heavy atom. The van der Waals surface area contributed by atoms with E-state index >= 15 is 0 Å². The highest BCUT2D eigenvalue weighted by atomic mass is 16.2. The van der Waals surface area contributed by atoms with Crippen molar-refractivity contribution >= 4 is 16.7 Å². The summed E-state index contributed by atoms with van der Waals surface area (Å²) < 4.78 is 2.06. The number of rotatable bonds is 3. The topological polar surface area (TPSA) is 41.4 Å². The zero-order chi connectivity index (χ0) is 17.9. The van der Waals surface area contributed by atoms with Gasteiger partial charge in [0.2, 0.25) is 0 Å². The van der Waals surface area contributed by atoms with Crippen molar-refractivity contribution in [1.29, 1.82) is 0 Å². The molecule has 2 aromatic carbocycles. The van der Waals surface area contributed by atoms with E-state index in [-0.39, 0.29) is 5.91 Å². The second-order valence-electron chi connectivity index (χ2n) is 6.90. The zero-order valence-corrected chi connectivity index (χ0v) is 15.1. The summed E-state index contributed by atoms with van der Waals surface area (Å²) in [5, 5.41) is 2.15. The summed E-state index contributed by atoms with van der Waals surface area (Å²) in [4.78, 5) is 21.9. The minimum atomic E-state index is 0.139. The van der Waals surface area contributed by atoms with Gasteiger partial charge in [0.1, 0.15) is 5.82 Å². The molecule has 1 aliphatic rings. The highest BCUT2D eigenvalue weighted by Gasteiger charge is 2.22. The molecule has 5 heteroatoms. The maximum absolute atomic E-state index is 13.1. The number of nitrogens with zero attached hydrogens (tertiary/aromatic N) is 4. The lowest BCUT2D eigenvalue weighted by atomic mass is 10.0. The Morgan fingerprint density at radius 2 is 1.88 bits per heavy atom. The SMILES string of the molecule is Cn1ccnc1CN1CCCN(C(=O)c2cccc3ccccc23)CC1. The van der Waals surface area contributed by atoms with Gasteiger partial charge in [-0.1, -0.05) is 36.4 Å². The van der Waals surface area contributed by atoms with Gasteiger partial charge >= 0.3 is 0 Å². The van der Waals surface area contributed by atoms with Crippen molar-refractivity contribution in [2.75, 3.05) is 26.2 Å². The molecule has 0 unspecified atom stereocenters. The highest BCUT2D eigenvalue weighted by molar-refractivity contribution is 6.07. The third-order valence-corrected chi connectivity index (χ3v) is 5.18. The highest BCUT2D eigenvalue weighted by Crippen LogP contribution is 2.21. The average Bonchev–Trinajstić information content (AvgIpc) is 2.93. The van der Waals surface area contributed by atoms with E-state index in [1.165, 1.54) is 0 Å². The van der Waals surface area contributed by atoms with E-state index in [4.69, 9.17) is 0 Å². The molecule has 5 nitrogen and oxygen atoms in total. The number of amides is 1. The molecule has 1 aliphatic heterocycles. The Balaban J connectivity index is 1.48. The van der Waals surface area contributed by atoms with E-state index in [9.17, 15) is 4.79 Å². The average molecular weight is 348 g/mol. The predicted octanol–water partition coefficient (Wildman–Crippen LogP) is 2.92. The zero-order valence-electron chi connectivity index (χ0n) is 15.1. The van der Waals surface area contributed by atoms with E-state index in [1.807, 2.05) is 54.7 Å². The molecule has 4 rings (SSSR count). The van der Waals surface area contributed by atoms with Gasteiger partial charge in [0, 0.05) is 51.2 Å². The summed E-state index contributed by atoms with van der Waals surface area (Å²) >= 11 is 0. The monoisotopic (exact) mass is 348 g/mol. The van der Waals surface area contributed by atoms with Crippen molar-refractivity contribution in [2.45, 2.75) is 13.0 Å². The number of aromatic nitrogens is 2. The van der Waals surface area contributed by atoms with Crippen LogP contribution in [0.2, 0.25) is 0 Å². The summed E-state index contributed by atoms with van der Waals surface area (Å²) in [5.41, 5.74) is 0.806. The van der Waals surface area contributed by atoms with Crippen molar-refractivity contribution in [3.63, 3.8) is 0 Å². The van der Waals surface area contributed by atoms with E-state index in [2.05, 4.69) is 26.6 Å². The standard InChI is InChI=1S/C21H24N4O/c1-23-13-10-22-20(23)16-24-11-5-12-25(15-14-24)21(26)19-9-4-7-17-6-2-3-8-18(17)19/h2-4,6-10,13H,5,11-12,14-16H2,1H3. The quantitative estimate of drug-likeness (QED) is 0.731. The molecule has 1 fully saturated rings. The smallest absolute Gasteiger partial charge is 0.254 e. The minimum Gasteiger partial charge on any atom is -0.337 e. The van der Waals surface area contributed by atoms with Crippen molar-refractivity contribution in [1.82, 2.24) is 19.4 Å². The second kappa shape index (κ2) is 7.30. The molecule has 0 aliphatic carbocycles. The van der Waals surface area contributed by atoms with Crippen LogP contribution in [-0.4, -0.2) is 51.4 Å². The summed E-state index contributed by atoms with van der Waals surface area (Å²) in [6.07, 6.45) is 4.80. The number of hydrogen-bond donors (Lipinski definition) is 0. The van der Waals surface area contributed by atoms with Crippen LogP contribution in [0, 0.1) is 0 Å². The predicted molar refractivity (Wildman–Crippen MR) is 103 cm³/mol. The van der Waals surface area contributed by atoms with Crippen LogP contribution in [0.1, 0.15) is 22.6 Å². The Bertz CT molecular complexity index is 912. The first-order valence-electron chi connectivity index (χ1n) is 9.18. The third kappa shape index (κ3) is 3.35. The fourth-order valence-electron chi connectivity index (χ4n) is 3.66. The van der Waals surface area contributed by atoms with Crippen LogP contribution in [0.5, 0.6) is 0 Å². The molecule has 1 saturated heterocycles. The normalized spacial score (nSPS) is 16.0. The lowest BCUT2D eigenvalue weighted by Gasteiger charge is -2.22. The van der Waals surface area contributed by atoms with E-state index in [0.717, 1.165) is 61.3 Å². The van der Waals surface area contributed by atoms with Crippen LogP contribution in [0.3, 0.4) is 0 Å². The lowest BCUT2D eigenvalue weighted by Crippen LogP contribution is -2.35. The maximum Gasteiger partial charge on any atom is 0.254 e. The number of fused-ring (bicyclic) bond motifs is 1. The first-order valence-corrected chi connectivity index (χ1v) is 9.18. The van der Waals surface area contributed by atoms with Gasteiger partial charge in [-0.05, 0) is 23.3 Å². The van der Waals surface area contributed by atoms with Gasteiger partial charge in [-0.15, -0.1) is 0 Å². The second-order valence-corrected chi connectivity index (χ2v) is 6.90. The van der Waals surface area contributed by atoms with Gasteiger partial charge in [-0.25, -0.2) is 4.98 Å². The molecular formula is C21H24N4O. The molecule has 0 spiro atoms. The molecule has 0 saturated carbocycles. The van der Waals surface area contributed by atoms with Gasteiger partial charge in [0.05, 0.1) is 6.54 Å². The third-order valence-electron chi connectivity index (χ3n) is 5.18. The fourth-order valence-corrected chi connectivity index (χ4v) is 3.66.